The van der Waals surface area contributed by atoms with Crippen molar-refractivity contribution in [1.82, 2.24) is 14.2 Å². The summed E-state index contributed by atoms with van der Waals surface area (Å²) in [7, 11) is 0. The Balaban J connectivity index is 2.44. The van der Waals surface area contributed by atoms with Crippen LogP contribution in [0.25, 0.3) is 16.6 Å². The molecule has 0 aliphatic rings. The summed E-state index contributed by atoms with van der Waals surface area (Å²) in [5.41, 5.74) is 0.948. The third-order valence-electron chi connectivity index (χ3n) is 3.17. The highest BCUT2D eigenvalue weighted by molar-refractivity contribution is 6.29. The maximum Gasteiger partial charge on any atom is 0.325 e. The minimum absolute atomic E-state index is 0.0163. The fourth-order valence-electron chi connectivity index (χ4n) is 2.32. The van der Waals surface area contributed by atoms with E-state index in [1.807, 2.05) is 13.8 Å². The van der Waals surface area contributed by atoms with Crippen LogP contribution in [0, 0.1) is 0 Å². The lowest BCUT2D eigenvalue weighted by molar-refractivity contribution is -0.138. The molecule has 21 heavy (non-hydrogen) atoms. The van der Waals surface area contributed by atoms with Crippen LogP contribution >= 0.6 is 11.6 Å². The first kappa shape index (κ1) is 13.7. The summed E-state index contributed by atoms with van der Waals surface area (Å²) < 4.78 is 7.93. The van der Waals surface area contributed by atoms with E-state index in [0.717, 1.165) is 4.68 Å². The molecule has 3 rings (SSSR count). The molecular weight excluding hydrogens is 298 g/mol. The van der Waals surface area contributed by atoms with E-state index in [1.165, 1.54) is 0 Å². The molecule has 0 saturated heterocycles. The highest BCUT2D eigenvalue weighted by Crippen LogP contribution is 2.27. The normalized spacial score (nSPS) is 11.8. The highest BCUT2D eigenvalue weighted by Gasteiger charge is 2.19. The molecule has 0 saturated carbocycles. The quantitative estimate of drug-likeness (QED) is 0.800. The van der Waals surface area contributed by atoms with Crippen LogP contribution in [0.3, 0.4) is 0 Å². The van der Waals surface area contributed by atoms with Gasteiger partial charge < -0.3 is 9.52 Å². The molecule has 7 nitrogen and oxygen atoms in total. The topological polar surface area (TPSA) is 89.7 Å². The Morgan fingerprint density at radius 3 is 2.76 bits per heavy atom. The molecular formula is C13H12ClN3O4. The van der Waals surface area contributed by atoms with Crippen LogP contribution in [0.1, 0.15) is 25.6 Å². The van der Waals surface area contributed by atoms with Gasteiger partial charge in [0.15, 0.2) is 10.8 Å². The van der Waals surface area contributed by atoms with Crippen LogP contribution in [0.15, 0.2) is 21.3 Å². The van der Waals surface area contributed by atoms with E-state index in [-0.39, 0.29) is 11.1 Å². The predicted molar refractivity (Wildman–Crippen MR) is 76.0 cm³/mol. The van der Waals surface area contributed by atoms with Gasteiger partial charge in [0.1, 0.15) is 17.9 Å². The van der Waals surface area contributed by atoms with E-state index in [0.29, 0.717) is 22.4 Å². The standard InChI is InChI=1S/C13H12ClN3O4/c1-6(2)12-15-16(5-11(18)19)13(20)8-3-9-7(17(8)12)4-10(14)21-9/h3-4,6H,5H2,1-2H3,(H,18,19). The molecule has 110 valence electrons. The smallest absolute Gasteiger partial charge is 0.325 e. The first-order chi connectivity index (χ1) is 9.88. The average molecular weight is 310 g/mol. The number of halogens is 1. The molecule has 0 unspecified atom stereocenters. The Labute approximate surface area is 123 Å². The molecule has 0 amide bonds. The lowest BCUT2D eigenvalue weighted by atomic mass is 10.2. The number of rotatable bonds is 3. The third-order valence-corrected chi connectivity index (χ3v) is 3.35. The highest BCUT2D eigenvalue weighted by atomic mass is 35.5. The molecule has 3 aromatic rings. The Bertz CT molecular complexity index is 919. The lowest BCUT2D eigenvalue weighted by Crippen LogP contribution is -2.30. The van der Waals surface area contributed by atoms with Gasteiger partial charge in [0.2, 0.25) is 0 Å². The molecule has 0 atom stereocenters. The first-order valence-corrected chi connectivity index (χ1v) is 6.69. The summed E-state index contributed by atoms with van der Waals surface area (Å²) in [6, 6.07) is 3.16. The minimum atomic E-state index is -1.12. The van der Waals surface area contributed by atoms with Gasteiger partial charge in [0, 0.05) is 18.1 Å². The van der Waals surface area contributed by atoms with Crippen molar-refractivity contribution >= 4 is 34.2 Å². The summed E-state index contributed by atoms with van der Waals surface area (Å²) in [6.07, 6.45) is 0. The third kappa shape index (κ3) is 2.09. The number of carboxylic acid groups (broad SMARTS) is 1. The van der Waals surface area contributed by atoms with Crippen molar-refractivity contribution in [2.24, 2.45) is 0 Å². The summed E-state index contributed by atoms with van der Waals surface area (Å²) in [4.78, 5) is 23.2. The van der Waals surface area contributed by atoms with Crippen LogP contribution in [0.2, 0.25) is 5.22 Å². The number of aliphatic carboxylic acids is 1. The Kier molecular flexibility index (Phi) is 3.02. The van der Waals surface area contributed by atoms with Crippen LogP contribution in [-0.4, -0.2) is 25.3 Å². The second-order valence-electron chi connectivity index (χ2n) is 5.03. The van der Waals surface area contributed by atoms with Crippen LogP contribution in [-0.2, 0) is 11.3 Å². The van der Waals surface area contributed by atoms with Crippen LogP contribution in [0.5, 0.6) is 0 Å². The molecule has 1 N–H and O–H groups in total. The van der Waals surface area contributed by atoms with Crippen molar-refractivity contribution in [3.05, 3.63) is 33.5 Å². The van der Waals surface area contributed by atoms with E-state index < -0.39 is 18.1 Å². The first-order valence-electron chi connectivity index (χ1n) is 6.31. The number of carboxylic acids is 1. The maximum atomic E-state index is 12.3. The molecule has 8 heteroatoms. The van der Waals surface area contributed by atoms with Gasteiger partial charge in [-0.3, -0.25) is 14.0 Å². The maximum absolute atomic E-state index is 12.3. The van der Waals surface area contributed by atoms with Gasteiger partial charge in [0.05, 0.1) is 5.52 Å². The van der Waals surface area contributed by atoms with Gasteiger partial charge in [0.25, 0.3) is 5.56 Å². The summed E-state index contributed by atoms with van der Waals surface area (Å²) >= 11 is 5.84. The fraction of sp³-hybridized carbons (Fsp3) is 0.308. The van der Waals surface area contributed by atoms with E-state index in [2.05, 4.69) is 5.10 Å². The lowest BCUT2D eigenvalue weighted by Gasteiger charge is -2.11. The number of hydrogen-bond donors (Lipinski definition) is 1. The van der Waals surface area contributed by atoms with Crippen molar-refractivity contribution in [2.45, 2.75) is 26.3 Å². The summed E-state index contributed by atoms with van der Waals surface area (Å²) in [5.74, 6) is -0.572. The Morgan fingerprint density at radius 1 is 1.43 bits per heavy atom. The SMILES string of the molecule is CC(C)c1nn(CC(=O)O)c(=O)c2cc3oc(Cl)cc3n12. The van der Waals surface area contributed by atoms with E-state index in [4.69, 9.17) is 21.1 Å². The van der Waals surface area contributed by atoms with Crippen LogP contribution < -0.4 is 5.56 Å². The molecule has 0 aliphatic carbocycles. The molecule has 0 aromatic carbocycles. The summed E-state index contributed by atoms with van der Waals surface area (Å²) in [5, 5.41) is 13.3. The second-order valence-corrected chi connectivity index (χ2v) is 5.41. The van der Waals surface area contributed by atoms with Crippen molar-refractivity contribution in [3.8, 4) is 0 Å². The molecule has 0 radical (unpaired) electrons. The second kappa shape index (κ2) is 4.63. The minimum Gasteiger partial charge on any atom is -0.480 e. The number of hydrogen-bond acceptors (Lipinski definition) is 4. The van der Waals surface area contributed by atoms with E-state index >= 15 is 0 Å². The number of carbonyl (C=O) groups is 1. The number of fused-ring (bicyclic) bond motifs is 3. The van der Waals surface area contributed by atoms with Gasteiger partial charge in [-0.2, -0.15) is 5.10 Å². The van der Waals surface area contributed by atoms with Crippen molar-refractivity contribution in [1.29, 1.82) is 0 Å². The zero-order valence-corrected chi connectivity index (χ0v) is 12.1. The molecule has 0 bridgehead atoms. The molecule has 3 aromatic heterocycles. The van der Waals surface area contributed by atoms with Gasteiger partial charge in [-0.1, -0.05) is 13.8 Å². The number of nitrogens with zero attached hydrogens (tertiary/aromatic N) is 3. The zero-order valence-electron chi connectivity index (χ0n) is 11.3. The Hall–Kier alpha value is -2.28. The van der Waals surface area contributed by atoms with Gasteiger partial charge >= 0.3 is 5.97 Å². The van der Waals surface area contributed by atoms with E-state index in [9.17, 15) is 9.59 Å². The van der Waals surface area contributed by atoms with Crippen molar-refractivity contribution in [2.75, 3.05) is 0 Å². The number of furan rings is 1. The van der Waals surface area contributed by atoms with Gasteiger partial charge in [-0.15, -0.1) is 0 Å². The molecule has 0 aliphatic heterocycles. The number of aromatic nitrogens is 3. The molecule has 3 heterocycles. The Morgan fingerprint density at radius 2 is 2.14 bits per heavy atom. The predicted octanol–water partition coefficient (Wildman–Crippen LogP) is 2.10. The molecule has 0 spiro atoms. The van der Waals surface area contributed by atoms with Gasteiger partial charge in [-0.05, 0) is 11.6 Å². The van der Waals surface area contributed by atoms with Crippen LogP contribution in [0.4, 0.5) is 0 Å². The molecule has 0 fully saturated rings. The van der Waals surface area contributed by atoms with Crippen molar-refractivity contribution < 1.29 is 14.3 Å². The monoisotopic (exact) mass is 309 g/mol. The van der Waals surface area contributed by atoms with Gasteiger partial charge in [-0.25, -0.2) is 4.68 Å². The zero-order chi connectivity index (χ0) is 15.3. The van der Waals surface area contributed by atoms with E-state index in [1.54, 1.807) is 16.5 Å². The average Bonchev–Trinajstić information content (AvgIpc) is 2.88. The largest absolute Gasteiger partial charge is 0.480 e. The van der Waals surface area contributed by atoms with Crippen molar-refractivity contribution in [3.63, 3.8) is 0 Å². The summed E-state index contributed by atoms with van der Waals surface area (Å²) in [6.45, 7) is 3.33. The fourth-order valence-corrected chi connectivity index (χ4v) is 2.51.